The Morgan fingerprint density at radius 1 is 1.80 bits per heavy atom. The van der Waals surface area contributed by atoms with Crippen molar-refractivity contribution in [2.75, 3.05) is 13.7 Å². The molecular weight excluding hydrogens is 158 g/mol. The monoisotopic (exact) mass is 165 g/mol. The second-order valence-corrected chi connectivity index (χ2v) is 1.52. The Hall–Kier alpha value is -0.740. The highest BCUT2D eigenvalue weighted by atomic mass is 35.5. The summed E-state index contributed by atoms with van der Waals surface area (Å²) >= 11 is 5.15. The first kappa shape index (κ1) is 9.26. The molecule has 58 valence electrons. The maximum atomic E-state index is 10.3. The van der Waals surface area contributed by atoms with Crippen LogP contribution in [0.25, 0.3) is 0 Å². The molecule has 0 heterocycles. The fourth-order valence-electron chi connectivity index (χ4n) is 0.227. The molecule has 0 bridgehead atoms. The number of hydroxylamine groups is 1. The Labute approximate surface area is 63.7 Å². The number of carbonyl (C=O) groups excluding carboxylic acids is 1. The van der Waals surface area contributed by atoms with E-state index in [9.17, 15) is 4.79 Å². The van der Waals surface area contributed by atoms with Crippen molar-refractivity contribution in [3.05, 3.63) is 11.6 Å². The van der Waals surface area contributed by atoms with Crippen LogP contribution in [-0.2, 0) is 9.57 Å². The van der Waals surface area contributed by atoms with Crippen LogP contribution in [0.5, 0.6) is 0 Å². The summed E-state index contributed by atoms with van der Waals surface area (Å²) in [6.45, 7) is 0.221. The number of nitrogens with one attached hydrogen (secondary N) is 1. The molecule has 0 aliphatic carbocycles. The zero-order valence-electron chi connectivity index (χ0n) is 5.46. The van der Waals surface area contributed by atoms with Gasteiger partial charge in [-0.05, 0) is 6.08 Å². The second kappa shape index (κ2) is 6.38. The second-order valence-electron chi connectivity index (χ2n) is 1.27. The van der Waals surface area contributed by atoms with Crippen LogP contribution in [0.4, 0.5) is 4.79 Å². The van der Waals surface area contributed by atoms with Gasteiger partial charge in [-0.1, -0.05) is 11.6 Å². The average molecular weight is 166 g/mol. The summed E-state index contributed by atoms with van der Waals surface area (Å²) in [4.78, 5) is 14.8. The minimum Gasteiger partial charge on any atom is -0.451 e. The molecule has 0 unspecified atom stereocenters. The van der Waals surface area contributed by atoms with Crippen molar-refractivity contribution in [1.29, 1.82) is 0 Å². The van der Waals surface area contributed by atoms with Crippen molar-refractivity contribution in [3.8, 4) is 0 Å². The molecule has 0 spiro atoms. The summed E-state index contributed by atoms with van der Waals surface area (Å²) in [5.74, 6) is 0. The van der Waals surface area contributed by atoms with Crippen molar-refractivity contribution in [3.63, 3.8) is 0 Å². The summed E-state index contributed by atoms with van der Waals surface area (Å²) in [5.41, 5.74) is 3.29. The number of methoxy groups -OCH3 is 1. The molecule has 5 heteroatoms. The summed E-state index contributed by atoms with van der Waals surface area (Å²) in [6.07, 6.45) is 0.889. The van der Waals surface area contributed by atoms with Gasteiger partial charge in [0, 0.05) is 5.54 Å². The van der Waals surface area contributed by atoms with Gasteiger partial charge in [0.25, 0.3) is 0 Å². The van der Waals surface area contributed by atoms with Crippen molar-refractivity contribution in [2.45, 2.75) is 0 Å². The lowest BCUT2D eigenvalue weighted by molar-refractivity contribution is 0.0507. The zero-order chi connectivity index (χ0) is 7.82. The normalized spacial score (nSPS) is 9.80. The third kappa shape index (κ3) is 5.40. The number of carbonyl (C=O) groups is 1. The highest BCUT2D eigenvalue weighted by Gasteiger charge is 1.93. The van der Waals surface area contributed by atoms with Crippen molar-refractivity contribution in [1.82, 2.24) is 5.48 Å². The highest BCUT2D eigenvalue weighted by molar-refractivity contribution is 6.25. The molecule has 4 nitrogen and oxygen atoms in total. The molecule has 0 aromatic heterocycles. The Kier molecular flexibility index (Phi) is 5.91. The molecule has 0 aliphatic heterocycles. The van der Waals surface area contributed by atoms with E-state index in [1.807, 2.05) is 5.48 Å². The molecule has 0 aromatic carbocycles. The van der Waals surface area contributed by atoms with Gasteiger partial charge in [-0.15, -0.1) is 0 Å². The summed E-state index contributed by atoms with van der Waals surface area (Å²) < 4.78 is 4.20. The lowest BCUT2D eigenvalue weighted by Gasteiger charge is -1.99. The first-order valence-electron chi connectivity index (χ1n) is 2.52. The van der Waals surface area contributed by atoms with E-state index >= 15 is 0 Å². The van der Waals surface area contributed by atoms with E-state index in [1.165, 1.54) is 18.7 Å². The maximum absolute atomic E-state index is 10.3. The molecule has 0 rings (SSSR count). The molecule has 1 amide bonds. The van der Waals surface area contributed by atoms with Gasteiger partial charge < -0.3 is 4.74 Å². The van der Waals surface area contributed by atoms with Crippen LogP contribution in [-0.4, -0.2) is 19.8 Å². The van der Waals surface area contributed by atoms with Crippen LogP contribution >= 0.6 is 11.6 Å². The van der Waals surface area contributed by atoms with Crippen LogP contribution in [0.15, 0.2) is 11.6 Å². The Morgan fingerprint density at radius 2 is 2.50 bits per heavy atom. The van der Waals surface area contributed by atoms with Gasteiger partial charge in [-0.3, -0.25) is 4.84 Å². The van der Waals surface area contributed by atoms with Crippen LogP contribution < -0.4 is 5.48 Å². The van der Waals surface area contributed by atoms with E-state index in [4.69, 9.17) is 11.6 Å². The quantitative estimate of drug-likeness (QED) is 0.502. The summed E-state index contributed by atoms with van der Waals surface area (Å²) in [7, 11) is 1.25. The summed E-state index contributed by atoms with van der Waals surface area (Å²) in [6, 6.07) is 0. The maximum Gasteiger partial charge on any atom is 0.431 e. The molecule has 0 aromatic rings. The van der Waals surface area contributed by atoms with Crippen LogP contribution in [0.2, 0.25) is 0 Å². The number of rotatable bonds is 3. The lowest BCUT2D eigenvalue weighted by atomic mass is 10.7. The van der Waals surface area contributed by atoms with Crippen LogP contribution in [0, 0.1) is 0 Å². The SMILES string of the molecule is COC(=O)NOCC=CCl. The molecule has 1 N–H and O–H groups in total. The van der Waals surface area contributed by atoms with Gasteiger partial charge in [0.05, 0.1) is 13.7 Å². The van der Waals surface area contributed by atoms with Gasteiger partial charge >= 0.3 is 6.09 Å². The minimum atomic E-state index is -0.636. The van der Waals surface area contributed by atoms with Crippen molar-refractivity contribution >= 4 is 17.7 Å². The molecular formula is C5H8ClNO3. The fraction of sp³-hybridized carbons (Fsp3) is 0.400. The number of amides is 1. The molecule has 0 radical (unpaired) electrons. The first-order valence-corrected chi connectivity index (χ1v) is 2.96. The van der Waals surface area contributed by atoms with E-state index < -0.39 is 6.09 Å². The minimum absolute atomic E-state index is 0.221. The lowest BCUT2D eigenvalue weighted by Crippen LogP contribution is -2.23. The fourth-order valence-corrected chi connectivity index (χ4v) is 0.299. The first-order chi connectivity index (χ1) is 4.81. The van der Waals surface area contributed by atoms with E-state index in [-0.39, 0.29) is 6.61 Å². The standard InChI is InChI=1S/C5H8ClNO3/c1-9-5(8)7-10-4-2-3-6/h2-3H,4H2,1H3,(H,7,8). The number of hydrogen-bond acceptors (Lipinski definition) is 3. The van der Waals surface area contributed by atoms with Crippen LogP contribution in [0.1, 0.15) is 0 Å². The predicted molar refractivity (Wildman–Crippen MR) is 36.5 cm³/mol. The third-order valence-electron chi connectivity index (χ3n) is 0.610. The van der Waals surface area contributed by atoms with Gasteiger partial charge in [0.15, 0.2) is 0 Å². The van der Waals surface area contributed by atoms with E-state index in [0.29, 0.717) is 0 Å². The molecule has 0 saturated heterocycles. The van der Waals surface area contributed by atoms with Crippen molar-refractivity contribution in [2.24, 2.45) is 0 Å². The Morgan fingerprint density at radius 3 is 3.00 bits per heavy atom. The molecule has 0 fully saturated rings. The van der Waals surface area contributed by atoms with Crippen molar-refractivity contribution < 1.29 is 14.4 Å². The van der Waals surface area contributed by atoms with E-state index in [1.54, 1.807) is 0 Å². The smallest absolute Gasteiger partial charge is 0.431 e. The zero-order valence-corrected chi connectivity index (χ0v) is 6.22. The van der Waals surface area contributed by atoms with Gasteiger partial charge in [-0.2, -0.15) is 5.48 Å². The number of ether oxygens (including phenoxy) is 1. The van der Waals surface area contributed by atoms with E-state index in [2.05, 4.69) is 9.57 Å². The Balaban J connectivity index is 3.11. The van der Waals surface area contributed by atoms with Gasteiger partial charge in [0.2, 0.25) is 0 Å². The predicted octanol–water partition coefficient (Wildman–Crippen LogP) is 1.03. The van der Waals surface area contributed by atoms with Gasteiger partial charge in [0.1, 0.15) is 0 Å². The summed E-state index contributed by atoms with van der Waals surface area (Å²) in [5, 5.41) is 0. The van der Waals surface area contributed by atoms with Crippen LogP contribution in [0.3, 0.4) is 0 Å². The topological polar surface area (TPSA) is 47.6 Å². The number of hydrogen-bond donors (Lipinski definition) is 1. The molecule has 0 atom stereocenters. The molecule has 0 aliphatic rings. The highest BCUT2D eigenvalue weighted by Crippen LogP contribution is 1.78. The molecule has 0 saturated carbocycles. The van der Waals surface area contributed by atoms with E-state index in [0.717, 1.165) is 0 Å². The molecule has 10 heavy (non-hydrogen) atoms. The van der Waals surface area contributed by atoms with Gasteiger partial charge in [-0.25, -0.2) is 4.79 Å². The number of halogens is 1. The third-order valence-corrected chi connectivity index (χ3v) is 0.788. The largest absolute Gasteiger partial charge is 0.451 e. The average Bonchev–Trinajstić information content (AvgIpc) is 1.98. The Bertz CT molecular complexity index is 126.